The van der Waals surface area contributed by atoms with Crippen molar-refractivity contribution in [2.24, 2.45) is 17.8 Å². The molecule has 0 saturated heterocycles. The van der Waals surface area contributed by atoms with Gasteiger partial charge < -0.3 is 30.6 Å². The highest BCUT2D eigenvalue weighted by Gasteiger charge is 2.36. The van der Waals surface area contributed by atoms with Crippen LogP contribution < -0.4 is 16.0 Å². The van der Waals surface area contributed by atoms with Gasteiger partial charge in [0, 0.05) is 30.2 Å². The summed E-state index contributed by atoms with van der Waals surface area (Å²) in [5, 5.41) is 27.1. The highest BCUT2D eigenvalue weighted by atomic mass is 16.4. The Bertz CT molecular complexity index is 1630. The third-order valence-corrected chi connectivity index (χ3v) is 10.0. The molecule has 2 aromatic rings. The molecule has 3 amide bonds. The maximum absolute atomic E-state index is 14.0. The number of nitrogens with zero attached hydrogens (tertiary/aromatic N) is 1. The summed E-state index contributed by atoms with van der Waals surface area (Å²) in [5.41, 5.74) is 2.26. The van der Waals surface area contributed by atoms with Gasteiger partial charge in [-0.1, -0.05) is 67.8 Å². The van der Waals surface area contributed by atoms with Gasteiger partial charge in [-0.15, -0.1) is 0 Å². The number of carboxylic acid groups (broad SMARTS) is 1. The van der Waals surface area contributed by atoms with Crippen molar-refractivity contribution in [3.8, 4) is 0 Å². The minimum absolute atomic E-state index is 0.139. The Labute approximate surface area is 329 Å². The number of unbranched alkanes of at least 4 members (excludes halogenated alkanes) is 1. The number of ketones is 2. The van der Waals surface area contributed by atoms with Crippen LogP contribution in [0.15, 0.2) is 54.6 Å². The van der Waals surface area contributed by atoms with Crippen molar-refractivity contribution >= 4 is 41.4 Å². The molecule has 5 N–H and O–H groups in total. The van der Waals surface area contributed by atoms with Crippen molar-refractivity contribution in [2.75, 3.05) is 34.3 Å². The van der Waals surface area contributed by atoms with Crippen molar-refractivity contribution in [1.29, 1.82) is 0 Å². The number of amides is 3. The molecule has 14 heteroatoms. The van der Waals surface area contributed by atoms with E-state index in [0.29, 0.717) is 18.4 Å². The SMILES string of the molecule is Cc1ccc(C(=O)N[C@@H](Cc2ccccc2)C(=O)C[C@@H](C)C(=O)N[C@H](C(=O)C[C@@H](CCCC[N+](C)(C)C)C(=O)N[C@H](CO)C(=O)O)C2CCCC2)cc1.O=C=O. The molecule has 0 radical (unpaired) electrons. The number of carbonyl (C=O) groups excluding carboxylic acids is 7. The van der Waals surface area contributed by atoms with E-state index in [-0.39, 0.29) is 42.9 Å². The first-order chi connectivity index (χ1) is 26.5. The number of Topliss-reactive ketones (excluding diaryl/α,β-unsaturated/α-hetero) is 2. The van der Waals surface area contributed by atoms with Gasteiger partial charge in [0.2, 0.25) is 11.8 Å². The van der Waals surface area contributed by atoms with Crippen LogP contribution in [-0.2, 0) is 40.0 Å². The molecule has 0 heterocycles. The van der Waals surface area contributed by atoms with Crippen molar-refractivity contribution in [3.63, 3.8) is 0 Å². The normalized spacial score (nSPS) is 15.4. The van der Waals surface area contributed by atoms with Gasteiger partial charge >= 0.3 is 12.1 Å². The number of carboxylic acids is 1. The highest BCUT2D eigenvalue weighted by Crippen LogP contribution is 2.30. The van der Waals surface area contributed by atoms with Crippen molar-refractivity contribution < 1.29 is 53.1 Å². The predicted octanol–water partition coefficient (Wildman–Crippen LogP) is 3.04. The molecule has 1 aliphatic rings. The van der Waals surface area contributed by atoms with E-state index in [1.165, 1.54) is 0 Å². The number of rotatable bonds is 22. The van der Waals surface area contributed by atoms with E-state index >= 15 is 0 Å². The van der Waals surface area contributed by atoms with Gasteiger partial charge in [0.25, 0.3) is 5.91 Å². The van der Waals surface area contributed by atoms with E-state index in [4.69, 9.17) is 9.59 Å². The maximum atomic E-state index is 14.0. The number of aryl methyl sites for hydroxylation is 1. The second-order valence-corrected chi connectivity index (χ2v) is 15.7. The number of aliphatic hydroxyl groups is 1. The molecule has 56 heavy (non-hydrogen) atoms. The number of aliphatic hydroxyl groups excluding tert-OH is 1. The summed E-state index contributed by atoms with van der Waals surface area (Å²) in [6.07, 6.45) is 5.11. The zero-order chi connectivity index (χ0) is 41.8. The summed E-state index contributed by atoms with van der Waals surface area (Å²) >= 11 is 0. The highest BCUT2D eigenvalue weighted by molar-refractivity contribution is 5.99. The lowest BCUT2D eigenvalue weighted by atomic mass is 9.86. The maximum Gasteiger partial charge on any atom is 0.373 e. The van der Waals surface area contributed by atoms with E-state index in [0.717, 1.165) is 54.3 Å². The third-order valence-electron chi connectivity index (χ3n) is 10.0. The van der Waals surface area contributed by atoms with Gasteiger partial charge in [-0.3, -0.25) is 24.0 Å². The largest absolute Gasteiger partial charge is 0.480 e. The fourth-order valence-electron chi connectivity index (χ4n) is 6.77. The summed E-state index contributed by atoms with van der Waals surface area (Å²) in [7, 11) is 6.17. The van der Waals surface area contributed by atoms with E-state index in [1.54, 1.807) is 19.1 Å². The molecule has 0 bridgehead atoms. The second-order valence-electron chi connectivity index (χ2n) is 15.7. The van der Waals surface area contributed by atoms with E-state index < -0.39 is 60.3 Å². The lowest BCUT2D eigenvalue weighted by molar-refractivity contribution is -0.870. The van der Waals surface area contributed by atoms with Crippen LogP contribution in [0.4, 0.5) is 0 Å². The smallest absolute Gasteiger partial charge is 0.373 e. The molecule has 1 saturated carbocycles. The topological polar surface area (TPSA) is 213 Å². The minimum Gasteiger partial charge on any atom is -0.480 e. The van der Waals surface area contributed by atoms with Crippen LogP contribution >= 0.6 is 0 Å². The molecule has 5 atom stereocenters. The molecular formula is C42H59N4O10+. The number of aliphatic carboxylic acids is 1. The summed E-state index contributed by atoms with van der Waals surface area (Å²) < 4.78 is 0.726. The van der Waals surface area contributed by atoms with E-state index in [1.807, 2.05) is 49.4 Å². The minimum atomic E-state index is -1.50. The fraction of sp³-hybridized carbons (Fsp3) is 0.548. The third kappa shape index (κ3) is 16.8. The molecule has 0 spiro atoms. The van der Waals surface area contributed by atoms with E-state index in [2.05, 4.69) is 37.1 Å². The molecule has 0 aromatic heterocycles. The van der Waals surface area contributed by atoms with E-state index in [9.17, 15) is 39.0 Å². The van der Waals surface area contributed by atoms with Crippen LogP contribution in [0.1, 0.15) is 86.2 Å². The zero-order valence-corrected chi connectivity index (χ0v) is 33.3. The first-order valence-electron chi connectivity index (χ1n) is 19.2. The van der Waals surface area contributed by atoms with Gasteiger partial charge in [0.05, 0.1) is 46.4 Å². The molecule has 2 aromatic carbocycles. The Morgan fingerprint density at radius 1 is 0.804 bits per heavy atom. The Balaban J connectivity index is 0.00000349. The number of hydrogen-bond acceptors (Lipinski definition) is 9. The Hall–Kier alpha value is -5.04. The van der Waals surface area contributed by atoms with Gasteiger partial charge in [-0.05, 0) is 69.1 Å². The van der Waals surface area contributed by atoms with Gasteiger partial charge in [-0.2, -0.15) is 9.59 Å². The monoisotopic (exact) mass is 779 g/mol. The average molecular weight is 780 g/mol. The van der Waals surface area contributed by atoms with Crippen molar-refractivity contribution in [2.45, 2.75) is 96.2 Å². The van der Waals surface area contributed by atoms with Crippen molar-refractivity contribution in [1.82, 2.24) is 16.0 Å². The molecule has 0 aliphatic heterocycles. The van der Waals surface area contributed by atoms with Crippen LogP contribution in [0.25, 0.3) is 0 Å². The first kappa shape index (κ1) is 47.1. The first-order valence-corrected chi connectivity index (χ1v) is 19.2. The molecule has 14 nitrogen and oxygen atoms in total. The van der Waals surface area contributed by atoms with Gasteiger partial charge in [0.15, 0.2) is 11.6 Å². The second kappa shape index (κ2) is 23.8. The lowest BCUT2D eigenvalue weighted by Crippen LogP contribution is -2.50. The van der Waals surface area contributed by atoms with Crippen LogP contribution in [0, 0.1) is 24.7 Å². The molecule has 3 rings (SSSR count). The lowest BCUT2D eigenvalue weighted by Gasteiger charge is -2.28. The Morgan fingerprint density at radius 2 is 1.41 bits per heavy atom. The standard InChI is InChI=1S/C41H58N4O8.CO2/c1-27-18-20-31(21-19-27)39(50)42-33(24-29-13-7-6-8-14-29)35(47)23-28(2)38(49)44-37(30-15-9-10-16-30)36(48)25-32(17-11-12-22-45(3,4)5)40(51)43-34(26-46)41(52)53;2-1-3/h6-8,13-14,18-21,28,30,32-34,37,46H,9-12,15-17,22-26H2,1-5H3,(H3-,42,43,44,49,50,51,52,53);/p+1/t28-,32-,33+,34-,37+;/m1./s1. The molecule has 306 valence electrons. The predicted molar refractivity (Wildman–Crippen MR) is 207 cm³/mol. The number of nitrogens with one attached hydrogen (secondary N) is 3. The summed E-state index contributed by atoms with van der Waals surface area (Å²) in [4.78, 5) is 95.8. The summed E-state index contributed by atoms with van der Waals surface area (Å²) in [6.45, 7) is 3.59. The van der Waals surface area contributed by atoms with Crippen LogP contribution in [0.2, 0.25) is 0 Å². The zero-order valence-electron chi connectivity index (χ0n) is 33.3. The van der Waals surface area contributed by atoms with Gasteiger partial charge in [-0.25, -0.2) is 4.79 Å². The van der Waals surface area contributed by atoms with Crippen molar-refractivity contribution in [3.05, 3.63) is 71.3 Å². The Kier molecular flexibility index (Phi) is 20.0. The average Bonchev–Trinajstić information content (AvgIpc) is 3.68. The number of hydrogen-bond donors (Lipinski definition) is 5. The Morgan fingerprint density at radius 3 is 1.96 bits per heavy atom. The summed E-state index contributed by atoms with van der Waals surface area (Å²) in [6, 6.07) is 13.1. The van der Waals surface area contributed by atoms with Crippen LogP contribution in [0.5, 0.6) is 0 Å². The quantitative estimate of drug-likeness (QED) is 0.0871. The van der Waals surface area contributed by atoms with Gasteiger partial charge in [0.1, 0.15) is 6.04 Å². The molecule has 1 aliphatic carbocycles. The number of carbonyl (C=O) groups is 6. The van der Waals surface area contributed by atoms with Crippen LogP contribution in [-0.4, -0.2) is 109 Å². The van der Waals surface area contributed by atoms with Crippen LogP contribution in [0.3, 0.4) is 0 Å². The molecular weight excluding hydrogens is 720 g/mol. The number of benzene rings is 2. The molecule has 0 unspecified atom stereocenters. The molecule has 1 fully saturated rings. The number of quaternary nitrogens is 1. The summed E-state index contributed by atoms with van der Waals surface area (Å²) in [5.74, 6) is -5.31. The fourth-order valence-corrected chi connectivity index (χ4v) is 6.77.